The second-order valence-electron chi connectivity index (χ2n) is 5.06. The summed E-state index contributed by atoms with van der Waals surface area (Å²) in [5, 5.41) is 4.33. The van der Waals surface area contributed by atoms with E-state index >= 15 is 0 Å². The molecule has 0 bridgehead atoms. The molecule has 1 N–H and O–H groups in total. The Kier molecular flexibility index (Phi) is 4.69. The minimum Gasteiger partial charge on any atom is -0.497 e. The van der Waals surface area contributed by atoms with Gasteiger partial charge in [0.05, 0.1) is 19.0 Å². The number of methoxy groups -OCH3 is 1. The summed E-state index contributed by atoms with van der Waals surface area (Å²) >= 11 is 0. The van der Waals surface area contributed by atoms with Crippen molar-refractivity contribution in [1.29, 1.82) is 0 Å². The highest BCUT2D eigenvalue weighted by atomic mass is 16.5. The number of rotatable bonds is 5. The van der Waals surface area contributed by atoms with Crippen LogP contribution in [-0.2, 0) is 0 Å². The molecule has 3 aromatic carbocycles. The van der Waals surface area contributed by atoms with Crippen molar-refractivity contribution in [3.05, 3.63) is 84.4 Å². The van der Waals surface area contributed by atoms with Gasteiger partial charge in [-0.25, -0.2) is 0 Å². The molecule has 23 heavy (non-hydrogen) atoms. The van der Waals surface area contributed by atoms with Gasteiger partial charge in [0, 0.05) is 5.56 Å². The quantitative estimate of drug-likeness (QED) is 0.542. The van der Waals surface area contributed by atoms with Crippen molar-refractivity contribution in [3.63, 3.8) is 0 Å². The molecule has 0 atom stereocenters. The molecule has 0 fully saturated rings. The van der Waals surface area contributed by atoms with Crippen molar-refractivity contribution >= 4 is 11.9 Å². The summed E-state index contributed by atoms with van der Waals surface area (Å²) in [7, 11) is 1.68. The summed E-state index contributed by atoms with van der Waals surface area (Å²) < 4.78 is 5.31. The van der Waals surface area contributed by atoms with Crippen LogP contribution in [0.2, 0.25) is 0 Å². The Balaban J connectivity index is 1.85. The van der Waals surface area contributed by atoms with Gasteiger partial charge in [0.1, 0.15) is 5.75 Å². The number of ether oxygens (including phenoxy) is 1. The van der Waals surface area contributed by atoms with Gasteiger partial charge in [-0.05, 0) is 35.4 Å². The van der Waals surface area contributed by atoms with Gasteiger partial charge in [-0.15, -0.1) is 0 Å². The molecule has 0 saturated heterocycles. The highest BCUT2D eigenvalue weighted by Crippen LogP contribution is 2.26. The number of hydrogen-bond donors (Lipinski definition) is 1. The van der Waals surface area contributed by atoms with Crippen LogP contribution in [0, 0.1) is 0 Å². The number of benzene rings is 3. The number of nitrogens with zero attached hydrogens (tertiary/aromatic N) is 1. The molecule has 3 aromatic rings. The highest BCUT2D eigenvalue weighted by molar-refractivity contribution is 5.90. The summed E-state index contributed by atoms with van der Waals surface area (Å²) in [6.45, 7) is 0. The van der Waals surface area contributed by atoms with Crippen molar-refractivity contribution in [3.8, 4) is 16.9 Å². The van der Waals surface area contributed by atoms with Crippen LogP contribution in [0.15, 0.2) is 84.0 Å². The van der Waals surface area contributed by atoms with Gasteiger partial charge in [-0.2, -0.15) is 5.10 Å². The first-order valence-corrected chi connectivity index (χ1v) is 7.44. The molecule has 0 unspecified atom stereocenters. The standard InChI is InChI=1S/C20H18N2O/c1-23-19-12-7-9-16(14-19)20-13-6-5-8-17(20)15-21-22-18-10-3-2-4-11-18/h2-15,22H,1H3. The Labute approximate surface area is 136 Å². The van der Waals surface area contributed by atoms with Crippen molar-refractivity contribution in [2.24, 2.45) is 5.10 Å². The first-order valence-electron chi connectivity index (χ1n) is 7.44. The zero-order valence-corrected chi connectivity index (χ0v) is 12.9. The number of hydrogen-bond acceptors (Lipinski definition) is 3. The second kappa shape index (κ2) is 7.27. The molecule has 3 rings (SSSR count). The van der Waals surface area contributed by atoms with Gasteiger partial charge in [0.25, 0.3) is 0 Å². The first-order chi connectivity index (χ1) is 11.4. The first kappa shape index (κ1) is 14.9. The number of para-hydroxylation sites is 1. The Morgan fingerprint density at radius 1 is 0.870 bits per heavy atom. The molecule has 0 radical (unpaired) electrons. The lowest BCUT2D eigenvalue weighted by atomic mass is 10.0. The van der Waals surface area contributed by atoms with Crippen LogP contribution in [-0.4, -0.2) is 13.3 Å². The number of hydrazone groups is 1. The summed E-state index contributed by atoms with van der Waals surface area (Å²) in [5.41, 5.74) is 7.26. The van der Waals surface area contributed by atoms with E-state index < -0.39 is 0 Å². The van der Waals surface area contributed by atoms with E-state index in [-0.39, 0.29) is 0 Å². The third-order valence-corrected chi connectivity index (χ3v) is 3.51. The second-order valence-corrected chi connectivity index (χ2v) is 5.06. The molecular formula is C20H18N2O. The lowest BCUT2D eigenvalue weighted by Gasteiger charge is -2.08. The Bertz CT molecular complexity index is 798. The summed E-state index contributed by atoms with van der Waals surface area (Å²) in [4.78, 5) is 0. The maximum absolute atomic E-state index is 5.31. The maximum atomic E-state index is 5.31. The van der Waals surface area contributed by atoms with Gasteiger partial charge in [0.2, 0.25) is 0 Å². The zero-order valence-electron chi connectivity index (χ0n) is 12.9. The van der Waals surface area contributed by atoms with Gasteiger partial charge < -0.3 is 4.74 Å². The molecule has 114 valence electrons. The highest BCUT2D eigenvalue weighted by Gasteiger charge is 2.04. The van der Waals surface area contributed by atoms with Crippen LogP contribution in [0.3, 0.4) is 0 Å². The van der Waals surface area contributed by atoms with Crippen molar-refractivity contribution in [2.75, 3.05) is 12.5 Å². The molecule has 0 heterocycles. The van der Waals surface area contributed by atoms with Gasteiger partial charge >= 0.3 is 0 Å². The summed E-state index contributed by atoms with van der Waals surface area (Å²) in [6.07, 6.45) is 1.84. The molecule has 3 heteroatoms. The van der Waals surface area contributed by atoms with Crippen LogP contribution >= 0.6 is 0 Å². The average Bonchev–Trinajstić information content (AvgIpc) is 2.63. The van der Waals surface area contributed by atoms with Crippen molar-refractivity contribution in [2.45, 2.75) is 0 Å². The van der Waals surface area contributed by atoms with E-state index in [4.69, 9.17) is 4.74 Å². The predicted octanol–water partition coefficient (Wildman–Crippen LogP) is 4.81. The van der Waals surface area contributed by atoms with E-state index in [0.717, 1.165) is 28.1 Å². The smallest absolute Gasteiger partial charge is 0.119 e. The van der Waals surface area contributed by atoms with Crippen LogP contribution in [0.5, 0.6) is 5.75 Å². The molecule has 3 nitrogen and oxygen atoms in total. The van der Waals surface area contributed by atoms with Gasteiger partial charge in [-0.3, -0.25) is 5.43 Å². The van der Waals surface area contributed by atoms with Gasteiger partial charge in [0.15, 0.2) is 0 Å². The van der Waals surface area contributed by atoms with Crippen LogP contribution in [0.25, 0.3) is 11.1 Å². The third-order valence-electron chi connectivity index (χ3n) is 3.51. The Morgan fingerprint density at radius 2 is 1.65 bits per heavy atom. The molecule has 0 aliphatic heterocycles. The van der Waals surface area contributed by atoms with E-state index in [0.29, 0.717) is 0 Å². The number of anilines is 1. The fraction of sp³-hybridized carbons (Fsp3) is 0.0500. The third kappa shape index (κ3) is 3.77. The monoisotopic (exact) mass is 302 g/mol. The van der Waals surface area contributed by atoms with E-state index in [1.165, 1.54) is 0 Å². The van der Waals surface area contributed by atoms with Crippen LogP contribution < -0.4 is 10.2 Å². The summed E-state index contributed by atoms with van der Waals surface area (Å²) in [5.74, 6) is 0.844. The van der Waals surface area contributed by atoms with E-state index in [1.807, 2.05) is 72.9 Å². The molecule has 0 amide bonds. The summed E-state index contributed by atoms with van der Waals surface area (Å²) in [6, 6.07) is 26.1. The molecule has 0 spiro atoms. The van der Waals surface area contributed by atoms with E-state index in [1.54, 1.807) is 7.11 Å². The minimum absolute atomic E-state index is 0.844. The molecular weight excluding hydrogens is 284 g/mol. The van der Waals surface area contributed by atoms with Crippen LogP contribution in [0.1, 0.15) is 5.56 Å². The topological polar surface area (TPSA) is 33.6 Å². The van der Waals surface area contributed by atoms with Gasteiger partial charge in [-0.1, -0.05) is 54.6 Å². The molecule has 0 aliphatic rings. The Morgan fingerprint density at radius 3 is 2.48 bits per heavy atom. The zero-order chi connectivity index (χ0) is 15.9. The lowest BCUT2D eigenvalue weighted by molar-refractivity contribution is 0.415. The van der Waals surface area contributed by atoms with Crippen molar-refractivity contribution < 1.29 is 4.74 Å². The molecule has 0 saturated carbocycles. The SMILES string of the molecule is COc1cccc(-c2ccccc2C=NNc2ccccc2)c1. The van der Waals surface area contributed by atoms with Crippen LogP contribution in [0.4, 0.5) is 5.69 Å². The lowest BCUT2D eigenvalue weighted by Crippen LogP contribution is -1.93. The number of nitrogens with one attached hydrogen (secondary N) is 1. The Hall–Kier alpha value is -3.07. The van der Waals surface area contributed by atoms with E-state index in [9.17, 15) is 0 Å². The molecule has 0 aromatic heterocycles. The normalized spacial score (nSPS) is 10.7. The van der Waals surface area contributed by atoms with Crippen molar-refractivity contribution in [1.82, 2.24) is 0 Å². The minimum atomic E-state index is 0.844. The molecule has 0 aliphatic carbocycles. The average molecular weight is 302 g/mol. The fourth-order valence-corrected chi connectivity index (χ4v) is 2.35. The predicted molar refractivity (Wildman–Crippen MR) is 96.1 cm³/mol. The maximum Gasteiger partial charge on any atom is 0.119 e. The largest absolute Gasteiger partial charge is 0.497 e. The van der Waals surface area contributed by atoms with E-state index in [2.05, 4.69) is 22.7 Å². The fourth-order valence-electron chi connectivity index (χ4n) is 2.35.